The van der Waals surface area contributed by atoms with E-state index < -0.39 is 6.22 Å². The highest BCUT2D eigenvalue weighted by molar-refractivity contribution is 5.58. The van der Waals surface area contributed by atoms with Crippen LogP contribution in [0.1, 0.15) is 33.1 Å². The van der Waals surface area contributed by atoms with Crippen molar-refractivity contribution in [2.45, 2.75) is 39.2 Å². The highest BCUT2D eigenvalue weighted by Crippen LogP contribution is 2.04. The van der Waals surface area contributed by atoms with Gasteiger partial charge in [-0.2, -0.15) is 0 Å². The zero-order chi connectivity index (χ0) is 7.98. The van der Waals surface area contributed by atoms with E-state index in [1.807, 2.05) is 6.92 Å². The van der Waals surface area contributed by atoms with Crippen LogP contribution in [0, 0.1) is 0 Å². The van der Waals surface area contributed by atoms with Crippen LogP contribution < -0.4 is 0 Å². The highest BCUT2D eigenvalue weighted by Gasteiger charge is 2.05. The van der Waals surface area contributed by atoms with E-state index in [4.69, 9.17) is 0 Å². The van der Waals surface area contributed by atoms with Gasteiger partial charge >= 0.3 is 6.22 Å². The minimum absolute atomic E-state index is 0.280. The molecule has 0 fully saturated rings. The van der Waals surface area contributed by atoms with Gasteiger partial charge in [0.05, 0.1) is 0 Å². The molecule has 0 heterocycles. The number of carbonyl (C=O) groups is 1. The number of unbranched alkanes of at least 4 members (excludes halogenated alkanes) is 1. The topological polar surface area (TPSA) is 26.3 Å². The summed E-state index contributed by atoms with van der Waals surface area (Å²) in [6.07, 6.45) is 0.787. The summed E-state index contributed by atoms with van der Waals surface area (Å²) in [6, 6.07) is 0. The average Bonchev–Trinajstić information content (AvgIpc) is 1.82. The van der Waals surface area contributed by atoms with E-state index in [2.05, 4.69) is 4.74 Å². The zero-order valence-electron chi connectivity index (χ0n) is 6.39. The molecular weight excluding hydrogens is 135 g/mol. The first-order chi connectivity index (χ1) is 4.66. The SMILES string of the molecule is CCCCC(C)OC(=O)F. The molecule has 0 saturated carbocycles. The fourth-order valence-electron chi connectivity index (χ4n) is 0.709. The molecule has 0 saturated heterocycles. The van der Waals surface area contributed by atoms with Crippen molar-refractivity contribution in [3.8, 4) is 0 Å². The minimum atomic E-state index is -1.68. The molecular formula is C7H13FO2. The van der Waals surface area contributed by atoms with Gasteiger partial charge in [0.2, 0.25) is 0 Å². The van der Waals surface area contributed by atoms with Crippen molar-refractivity contribution >= 4 is 6.22 Å². The van der Waals surface area contributed by atoms with Gasteiger partial charge in [-0.15, -0.1) is 4.39 Å². The summed E-state index contributed by atoms with van der Waals surface area (Å²) >= 11 is 0. The van der Waals surface area contributed by atoms with Crippen LogP contribution in [-0.4, -0.2) is 12.3 Å². The van der Waals surface area contributed by atoms with Crippen LogP contribution >= 0.6 is 0 Å². The maximum absolute atomic E-state index is 11.5. The molecule has 0 radical (unpaired) electrons. The number of hydrogen-bond donors (Lipinski definition) is 0. The Labute approximate surface area is 60.4 Å². The van der Waals surface area contributed by atoms with E-state index in [0.717, 1.165) is 19.3 Å². The molecule has 60 valence electrons. The predicted octanol–water partition coefficient (Wildman–Crippen LogP) is 2.67. The second kappa shape index (κ2) is 5.21. The summed E-state index contributed by atoms with van der Waals surface area (Å²) in [6.45, 7) is 3.72. The van der Waals surface area contributed by atoms with E-state index in [0.29, 0.717) is 0 Å². The lowest BCUT2D eigenvalue weighted by Crippen LogP contribution is -2.09. The molecule has 0 aromatic heterocycles. The van der Waals surface area contributed by atoms with Crippen LogP contribution in [0.25, 0.3) is 0 Å². The lowest BCUT2D eigenvalue weighted by molar-refractivity contribution is 0.0791. The number of ether oxygens (including phenoxy) is 1. The average molecular weight is 148 g/mol. The van der Waals surface area contributed by atoms with Crippen molar-refractivity contribution in [3.63, 3.8) is 0 Å². The van der Waals surface area contributed by atoms with Gasteiger partial charge in [0.25, 0.3) is 0 Å². The quantitative estimate of drug-likeness (QED) is 0.573. The van der Waals surface area contributed by atoms with Gasteiger partial charge in [-0.3, -0.25) is 0 Å². The first-order valence-electron chi connectivity index (χ1n) is 3.53. The Morgan fingerprint density at radius 3 is 2.70 bits per heavy atom. The van der Waals surface area contributed by atoms with E-state index in [1.165, 1.54) is 0 Å². The monoisotopic (exact) mass is 148 g/mol. The second-order valence-corrected chi connectivity index (χ2v) is 2.31. The van der Waals surface area contributed by atoms with Crippen LogP contribution in [0.4, 0.5) is 9.18 Å². The zero-order valence-corrected chi connectivity index (χ0v) is 6.39. The molecule has 0 rings (SSSR count). The Morgan fingerprint density at radius 2 is 2.30 bits per heavy atom. The van der Waals surface area contributed by atoms with Gasteiger partial charge in [0.15, 0.2) is 0 Å². The molecule has 1 atom stereocenters. The third kappa shape index (κ3) is 5.54. The van der Waals surface area contributed by atoms with Crippen molar-refractivity contribution in [1.29, 1.82) is 0 Å². The molecule has 10 heavy (non-hydrogen) atoms. The lowest BCUT2D eigenvalue weighted by Gasteiger charge is -2.07. The van der Waals surface area contributed by atoms with E-state index in [9.17, 15) is 9.18 Å². The maximum atomic E-state index is 11.5. The Kier molecular flexibility index (Phi) is 4.89. The molecule has 0 aliphatic carbocycles. The van der Waals surface area contributed by atoms with Gasteiger partial charge in [-0.25, -0.2) is 4.79 Å². The molecule has 0 aromatic carbocycles. The molecule has 2 nitrogen and oxygen atoms in total. The normalized spacial score (nSPS) is 12.7. The van der Waals surface area contributed by atoms with Crippen LogP contribution in [0.5, 0.6) is 0 Å². The lowest BCUT2D eigenvalue weighted by atomic mass is 10.2. The maximum Gasteiger partial charge on any atom is 0.495 e. The molecule has 0 aromatic rings. The number of rotatable bonds is 4. The smallest absolute Gasteiger partial charge is 0.437 e. The molecule has 3 heteroatoms. The van der Waals surface area contributed by atoms with Gasteiger partial charge in [-0.05, 0) is 13.3 Å². The highest BCUT2D eigenvalue weighted by atomic mass is 19.1. The van der Waals surface area contributed by atoms with Crippen molar-refractivity contribution in [1.82, 2.24) is 0 Å². The van der Waals surface area contributed by atoms with Gasteiger partial charge in [0, 0.05) is 0 Å². The van der Waals surface area contributed by atoms with Crippen LogP contribution in [0.15, 0.2) is 0 Å². The summed E-state index contributed by atoms with van der Waals surface area (Å²) in [5.41, 5.74) is 0. The minimum Gasteiger partial charge on any atom is -0.437 e. The Hall–Kier alpha value is -0.600. The second-order valence-electron chi connectivity index (χ2n) is 2.31. The largest absolute Gasteiger partial charge is 0.495 e. The molecule has 1 unspecified atom stereocenters. The van der Waals surface area contributed by atoms with E-state index in [-0.39, 0.29) is 6.10 Å². The Balaban J connectivity index is 3.25. The van der Waals surface area contributed by atoms with Crippen molar-refractivity contribution in [2.75, 3.05) is 0 Å². The molecule has 0 amide bonds. The van der Waals surface area contributed by atoms with Crippen molar-refractivity contribution in [3.05, 3.63) is 0 Å². The first kappa shape index (κ1) is 9.40. The summed E-state index contributed by atoms with van der Waals surface area (Å²) in [4.78, 5) is 9.73. The fourth-order valence-corrected chi connectivity index (χ4v) is 0.709. The molecule has 0 aliphatic heterocycles. The van der Waals surface area contributed by atoms with Crippen LogP contribution in [-0.2, 0) is 4.74 Å². The van der Waals surface area contributed by atoms with Gasteiger partial charge < -0.3 is 4.74 Å². The third-order valence-corrected chi connectivity index (χ3v) is 1.26. The number of carbonyl (C=O) groups excluding carboxylic acids is 1. The number of halogens is 1. The summed E-state index contributed by atoms with van der Waals surface area (Å²) in [5, 5.41) is 0. The van der Waals surface area contributed by atoms with Crippen molar-refractivity contribution < 1.29 is 13.9 Å². The molecule has 0 bridgehead atoms. The fraction of sp³-hybridized carbons (Fsp3) is 0.857. The molecule has 0 aliphatic rings. The van der Waals surface area contributed by atoms with Crippen LogP contribution in [0.2, 0.25) is 0 Å². The number of hydrogen-bond acceptors (Lipinski definition) is 2. The van der Waals surface area contributed by atoms with Gasteiger partial charge in [0.1, 0.15) is 6.10 Å². The predicted molar refractivity (Wildman–Crippen MR) is 36.6 cm³/mol. The van der Waals surface area contributed by atoms with E-state index >= 15 is 0 Å². The Morgan fingerprint density at radius 1 is 1.70 bits per heavy atom. The molecule has 0 spiro atoms. The standard InChI is InChI=1S/C7H13FO2/c1-3-4-5-6(2)10-7(8)9/h6H,3-5H2,1-2H3. The van der Waals surface area contributed by atoms with Crippen molar-refractivity contribution in [2.24, 2.45) is 0 Å². The third-order valence-electron chi connectivity index (χ3n) is 1.26. The Bertz CT molecular complexity index is 104. The van der Waals surface area contributed by atoms with Gasteiger partial charge in [-0.1, -0.05) is 19.8 Å². The molecule has 0 N–H and O–H groups in total. The summed E-state index contributed by atoms with van der Waals surface area (Å²) < 4.78 is 15.8. The van der Waals surface area contributed by atoms with E-state index in [1.54, 1.807) is 6.92 Å². The summed E-state index contributed by atoms with van der Waals surface area (Å²) in [7, 11) is 0. The van der Waals surface area contributed by atoms with Crippen LogP contribution in [0.3, 0.4) is 0 Å². The first-order valence-corrected chi connectivity index (χ1v) is 3.53. The summed E-state index contributed by atoms with van der Waals surface area (Å²) in [5.74, 6) is 0.